The number of aliphatic hydroxyl groups excluding tert-OH is 1. The molecule has 0 aliphatic rings. The van der Waals surface area contributed by atoms with Crippen LogP contribution in [0.2, 0.25) is 0 Å². The van der Waals surface area contributed by atoms with Crippen LogP contribution in [0.25, 0.3) is 10.8 Å². The number of aryl methyl sites for hydroxylation is 1. The Morgan fingerprint density at radius 1 is 1.16 bits per heavy atom. The van der Waals surface area contributed by atoms with Crippen LogP contribution in [0.5, 0.6) is 0 Å². The molecule has 1 aromatic heterocycles. The van der Waals surface area contributed by atoms with Crippen molar-refractivity contribution >= 4 is 10.8 Å². The molecule has 3 rings (SSSR count). The van der Waals surface area contributed by atoms with E-state index in [2.05, 4.69) is 29.2 Å². The molecule has 0 spiro atoms. The second-order valence-corrected chi connectivity index (χ2v) is 4.79. The molecule has 96 valence electrons. The maximum absolute atomic E-state index is 10.3. The molecule has 0 aliphatic carbocycles. The van der Waals surface area contributed by atoms with Crippen molar-refractivity contribution in [3.63, 3.8) is 0 Å². The van der Waals surface area contributed by atoms with Gasteiger partial charge >= 0.3 is 0 Å². The summed E-state index contributed by atoms with van der Waals surface area (Å²) in [5.74, 6) is 0. The average Bonchev–Trinajstić information content (AvgIpc) is 2.85. The van der Waals surface area contributed by atoms with Crippen molar-refractivity contribution in [3.05, 3.63) is 66.2 Å². The number of hydrogen-bond donors (Lipinski definition) is 1. The molecule has 19 heavy (non-hydrogen) atoms. The summed E-state index contributed by atoms with van der Waals surface area (Å²) in [6.45, 7) is 0. The smallest absolute Gasteiger partial charge is 0.0996 e. The number of aromatic nitrogens is 2. The molecule has 0 saturated heterocycles. The Morgan fingerprint density at radius 3 is 2.74 bits per heavy atom. The van der Waals surface area contributed by atoms with Crippen molar-refractivity contribution in [2.24, 2.45) is 7.05 Å². The Morgan fingerprint density at radius 2 is 1.95 bits per heavy atom. The van der Waals surface area contributed by atoms with Crippen molar-refractivity contribution in [1.82, 2.24) is 9.55 Å². The lowest BCUT2D eigenvalue weighted by Crippen LogP contribution is -2.06. The largest absolute Gasteiger partial charge is 0.386 e. The summed E-state index contributed by atoms with van der Waals surface area (Å²) in [5.41, 5.74) is 2.00. The van der Waals surface area contributed by atoms with Crippen molar-refractivity contribution in [2.45, 2.75) is 12.5 Å². The molecule has 3 nitrogen and oxygen atoms in total. The molecule has 1 atom stereocenters. The van der Waals surface area contributed by atoms with Gasteiger partial charge in [0.25, 0.3) is 0 Å². The van der Waals surface area contributed by atoms with Crippen LogP contribution in [0.15, 0.2) is 55.0 Å². The van der Waals surface area contributed by atoms with Crippen LogP contribution in [0, 0.1) is 0 Å². The fourth-order valence-electron chi connectivity index (χ4n) is 2.47. The number of nitrogens with zero attached hydrogens (tertiary/aromatic N) is 2. The predicted octanol–water partition coefficient (Wildman–Crippen LogP) is 2.85. The molecule has 0 aliphatic heterocycles. The fraction of sp³-hybridized carbons (Fsp3) is 0.188. The number of fused-ring (bicyclic) bond motifs is 1. The highest BCUT2D eigenvalue weighted by molar-refractivity contribution is 5.85. The van der Waals surface area contributed by atoms with Gasteiger partial charge in [-0.1, -0.05) is 42.5 Å². The third-order valence-electron chi connectivity index (χ3n) is 3.49. The van der Waals surface area contributed by atoms with Crippen LogP contribution < -0.4 is 0 Å². The number of rotatable bonds is 3. The van der Waals surface area contributed by atoms with Crippen molar-refractivity contribution in [2.75, 3.05) is 0 Å². The second-order valence-electron chi connectivity index (χ2n) is 4.79. The van der Waals surface area contributed by atoms with Gasteiger partial charge in [0.05, 0.1) is 24.3 Å². The second kappa shape index (κ2) is 4.86. The number of hydrogen-bond acceptors (Lipinski definition) is 2. The standard InChI is InChI=1S/C16H16N2O/c1-18-11-17-10-15(18)16(19)9-13-7-4-6-12-5-2-3-8-14(12)13/h2-8,10-11,16,19H,9H2,1H3. The lowest BCUT2D eigenvalue weighted by atomic mass is 9.99. The summed E-state index contributed by atoms with van der Waals surface area (Å²) in [7, 11) is 1.90. The molecule has 0 saturated carbocycles. The monoisotopic (exact) mass is 252 g/mol. The molecule has 0 bridgehead atoms. The first kappa shape index (κ1) is 11.9. The first-order valence-electron chi connectivity index (χ1n) is 6.36. The third-order valence-corrected chi connectivity index (χ3v) is 3.49. The number of aliphatic hydroxyl groups is 1. The Balaban J connectivity index is 1.96. The summed E-state index contributed by atoms with van der Waals surface area (Å²) < 4.78 is 1.86. The van der Waals surface area contributed by atoms with Crippen LogP contribution >= 0.6 is 0 Å². The van der Waals surface area contributed by atoms with Gasteiger partial charge in [-0.2, -0.15) is 0 Å². The maximum Gasteiger partial charge on any atom is 0.0996 e. The molecule has 1 N–H and O–H groups in total. The van der Waals surface area contributed by atoms with E-state index in [1.807, 2.05) is 29.8 Å². The van der Waals surface area contributed by atoms with Crippen LogP contribution in [0.1, 0.15) is 17.4 Å². The van der Waals surface area contributed by atoms with Gasteiger partial charge in [0.15, 0.2) is 0 Å². The molecular formula is C16H16N2O. The minimum atomic E-state index is -0.529. The van der Waals surface area contributed by atoms with E-state index >= 15 is 0 Å². The zero-order valence-electron chi connectivity index (χ0n) is 10.8. The van der Waals surface area contributed by atoms with Crippen molar-refractivity contribution < 1.29 is 5.11 Å². The molecule has 3 aromatic rings. The molecule has 0 fully saturated rings. The van der Waals surface area contributed by atoms with Crippen LogP contribution in [0.4, 0.5) is 0 Å². The summed E-state index contributed by atoms with van der Waals surface area (Å²) >= 11 is 0. The molecular weight excluding hydrogens is 236 g/mol. The van der Waals surface area contributed by atoms with Gasteiger partial charge in [0.2, 0.25) is 0 Å². The van der Waals surface area contributed by atoms with Crippen LogP contribution in [-0.4, -0.2) is 14.7 Å². The van der Waals surface area contributed by atoms with E-state index in [-0.39, 0.29) is 0 Å². The van der Waals surface area contributed by atoms with Gasteiger partial charge in [-0.3, -0.25) is 0 Å². The van der Waals surface area contributed by atoms with E-state index in [1.54, 1.807) is 12.5 Å². The Labute approximate surface area is 112 Å². The highest BCUT2D eigenvalue weighted by Crippen LogP contribution is 2.24. The lowest BCUT2D eigenvalue weighted by Gasteiger charge is -2.13. The predicted molar refractivity (Wildman–Crippen MR) is 75.8 cm³/mol. The normalized spacial score (nSPS) is 12.7. The van der Waals surface area contributed by atoms with Gasteiger partial charge in [-0.15, -0.1) is 0 Å². The highest BCUT2D eigenvalue weighted by Gasteiger charge is 2.13. The van der Waals surface area contributed by atoms with E-state index in [0.717, 1.165) is 11.3 Å². The molecule has 1 heterocycles. The fourth-order valence-corrected chi connectivity index (χ4v) is 2.47. The van der Waals surface area contributed by atoms with Gasteiger partial charge < -0.3 is 9.67 Å². The van der Waals surface area contributed by atoms with E-state index in [1.165, 1.54) is 10.8 Å². The zero-order valence-corrected chi connectivity index (χ0v) is 10.8. The minimum Gasteiger partial charge on any atom is -0.386 e. The van der Waals surface area contributed by atoms with Gasteiger partial charge in [0.1, 0.15) is 0 Å². The van der Waals surface area contributed by atoms with Gasteiger partial charge in [-0.25, -0.2) is 4.98 Å². The highest BCUT2D eigenvalue weighted by atomic mass is 16.3. The van der Waals surface area contributed by atoms with Crippen LogP contribution in [0.3, 0.4) is 0 Å². The first-order chi connectivity index (χ1) is 9.25. The van der Waals surface area contributed by atoms with E-state index in [4.69, 9.17) is 0 Å². The Hall–Kier alpha value is -2.13. The third kappa shape index (κ3) is 2.25. The van der Waals surface area contributed by atoms with E-state index < -0.39 is 6.10 Å². The summed E-state index contributed by atoms with van der Waals surface area (Å²) in [4.78, 5) is 4.05. The quantitative estimate of drug-likeness (QED) is 0.778. The molecule has 3 heteroatoms. The molecule has 1 unspecified atom stereocenters. The summed E-state index contributed by atoms with van der Waals surface area (Å²) in [5, 5.41) is 12.7. The van der Waals surface area contributed by atoms with Crippen LogP contribution in [-0.2, 0) is 13.5 Å². The van der Waals surface area contributed by atoms with Crippen molar-refractivity contribution in [3.8, 4) is 0 Å². The SMILES string of the molecule is Cn1cncc1C(O)Cc1cccc2ccccc12. The number of imidazole rings is 1. The molecule has 2 aromatic carbocycles. The molecule has 0 radical (unpaired) electrons. The van der Waals surface area contributed by atoms with E-state index in [0.29, 0.717) is 6.42 Å². The topological polar surface area (TPSA) is 38.0 Å². The average molecular weight is 252 g/mol. The van der Waals surface area contributed by atoms with E-state index in [9.17, 15) is 5.11 Å². The summed E-state index contributed by atoms with van der Waals surface area (Å²) in [6.07, 6.45) is 3.50. The summed E-state index contributed by atoms with van der Waals surface area (Å²) in [6, 6.07) is 14.5. The Bertz CT molecular complexity index is 697. The maximum atomic E-state index is 10.3. The minimum absolute atomic E-state index is 0.529. The first-order valence-corrected chi connectivity index (χ1v) is 6.36. The zero-order chi connectivity index (χ0) is 13.2. The lowest BCUT2D eigenvalue weighted by molar-refractivity contribution is 0.170. The number of benzene rings is 2. The van der Waals surface area contributed by atoms with Gasteiger partial charge in [0, 0.05) is 13.5 Å². The molecule has 0 amide bonds. The Kier molecular flexibility index (Phi) is 3.05. The van der Waals surface area contributed by atoms with Gasteiger partial charge in [-0.05, 0) is 16.3 Å². The van der Waals surface area contributed by atoms with Crippen molar-refractivity contribution in [1.29, 1.82) is 0 Å².